The van der Waals surface area contributed by atoms with Crippen LogP contribution in [0.25, 0.3) is 0 Å². The summed E-state index contributed by atoms with van der Waals surface area (Å²) in [5, 5.41) is 0. The van der Waals surface area contributed by atoms with Gasteiger partial charge in [0.2, 0.25) is 0 Å². The Morgan fingerprint density at radius 2 is 1.37 bits per heavy atom. The summed E-state index contributed by atoms with van der Waals surface area (Å²) in [5.74, 6) is 0. The molecule has 0 fully saturated rings. The monoisotopic (exact) mass is 262 g/mol. The Bertz CT molecular complexity index is 322. The summed E-state index contributed by atoms with van der Waals surface area (Å²) in [6.45, 7) is 24.0. The molecule has 0 saturated heterocycles. The molecule has 0 nitrogen and oxygen atoms in total. The molecule has 0 saturated carbocycles. The highest BCUT2D eigenvalue weighted by Gasteiger charge is 1.98. The van der Waals surface area contributed by atoms with Crippen LogP contribution in [0.3, 0.4) is 0 Å². The zero-order valence-electron chi connectivity index (χ0n) is 14.4. The fraction of sp³-hybridized carbons (Fsp3) is 0.474. The highest BCUT2D eigenvalue weighted by atomic mass is 14.0. The maximum atomic E-state index is 3.84. The highest BCUT2D eigenvalue weighted by Crippen LogP contribution is 2.18. The first-order chi connectivity index (χ1) is 9.06. The lowest BCUT2D eigenvalue weighted by atomic mass is 10.00. The second-order valence-electron chi connectivity index (χ2n) is 3.69. The van der Waals surface area contributed by atoms with Gasteiger partial charge in [-0.25, -0.2) is 0 Å². The first-order valence-corrected chi connectivity index (χ1v) is 7.38. The molecular formula is C19H34. The van der Waals surface area contributed by atoms with E-state index in [-0.39, 0.29) is 0 Å². The quantitative estimate of drug-likeness (QED) is 0.466. The van der Waals surface area contributed by atoms with Crippen LogP contribution in [0.1, 0.15) is 61.8 Å². The molecule has 0 aromatic rings. The van der Waals surface area contributed by atoms with Crippen molar-refractivity contribution in [2.24, 2.45) is 0 Å². The minimum Gasteiger partial charge on any atom is -0.0988 e. The average Bonchev–Trinajstić information content (AvgIpc) is 2.43. The molecule has 0 aliphatic rings. The lowest BCUT2D eigenvalue weighted by molar-refractivity contribution is 1.19. The summed E-state index contributed by atoms with van der Waals surface area (Å²) < 4.78 is 0. The van der Waals surface area contributed by atoms with E-state index in [1.165, 1.54) is 22.3 Å². The number of allylic oxidation sites excluding steroid dienone is 8. The van der Waals surface area contributed by atoms with Gasteiger partial charge in [-0.3, -0.25) is 0 Å². The third-order valence-corrected chi connectivity index (χ3v) is 2.33. The van der Waals surface area contributed by atoms with Crippen molar-refractivity contribution in [1.29, 1.82) is 0 Å². The van der Waals surface area contributed by atoms with E-state index < -0.39 is 0 Å². The van der Waals surface area contributed by atoms with Crippen molar-refractivity contribution in [3.63, 3.8) is 0 Å². The van der Waals surface area contributed by atoms with Crippen LogP contribution in [-0.4, -0.2) is 0 Å². The zero-order chi connectivity index (χ0) is 15.8. The SMILES string of the molecule is C=C/C(C)=C(C=C)/C(C)=C/C(C)=C\CC.CC.CC. The number of hydrogen-bond acceptors (Lipinski definition) is 0. The Balaban J connectivity index is -0.000000579. The third-order valence-electron chi connectivity index (χ3n) is 2.33. The molecule has 0 aromatic heterocycles. The largest absolute Gasteiger partial charge is 0.0988 e. The topological polar surface area (TPSA) is 0 Å². The Kier molecular flexibility index (Phi) is 20.1. The van der Waals surface area contributed by atoms with Gasteiger partial charge in [-0.2, -0.15) is 0 Å². The predicted octanol–water partition coefficient (Wildman–Crippen LogP) is 7.03. The van der Waals surface area contributed by atoms with Gasteiger partial charge < -0.3 is 0 Å². The molecule has 0 aromatic carbocycles. The lowest BCUT2D eigenvalue weighted by Gasteiger charge is -2.06. The van der Waals surface area contributed by atoms with Crippen molar-refractivity contribution in [3.8, 4) is 0 Å². The van der Waals surface area contributed by atoms with Gasteiger partial charge in [0.05, 0.1) is 0 Å². The van der Waals surface area contributed by atoms with Crippen LogP contribution >= 0.6 is 0 Å². The number of rotatable bonds is 5. The Morgan fingerprint density at radius 3 is 1.68 bits per heavy atom. The summed E-state index contributed by atoms with van der Waals surface area (Å²) in [5.41, 5.74) is 4.88. The van der Waals surface area contributed by atoms with Gasteiger partial charge >= 0.3 is 0 Å². The van der Waals surface area contributed by atoms with Gasteiger partial charge in [0.1, 0.15) is 0 Å². The molecule has 0 aliphatic heterocycles. The van der Waals surface area contributed by atoms with Crippen LogP contribution in [0.4, 0.5) is 0 Å². The summed E-state index contributed by atoms with van der Waals surface area (Å²) >= 11 is 0. The van der Waals surface area contributed by atoms with Crippen molar-refractivity contribution in [2.75, 3.05) is 0 Å². The van der Waals surface area contributed by atoms with Gasteiger partial charge in [0.25, 0.3) is 0 Å². The molecule has 110 valence electrons. The van der Waals surface area contributed by atoms with E-state index in [4.69, 9.17) is 0 Å². The lowest BCUT2D eigenvalue weighted by Crippen LogP contribution is -1.86. The third kappa shape index (κ3) is 11.5. The molecule has 0 bridgehead atoms. The van der Waals surface area contributed by atoms with E-state index in [1.54, 1.807) is 0 Å². The van der Waals surface area contributed by atoms with Gasteiger partial charge in [0.15, 0.2) is 0 Å². The predicted molar refractivity (Wildman–Crippen MR) is 93.6 cm³/mol. The van der Waals surface area contributed by atoms with E-state index in [0.717, 1.165) is 6.42 Å². The molecule has 0 radical (unpaired) electrons. The van der Waals surface area contributed by atoms with E-state index in [1.807, 2.05) is 39.8 Å². The average molecular weight is 262 g/mol. The van der Waals surface area contributed by atoms with Gasteiger partial charge in [-0.05, 0) is 43.9 Å². The van der Waals surface area contributed by atoms with Crippen molar-refractivity contribution in [3.05, 3.63) is 59.8 Å². The molecule has 0 unspecified atom stereocenters. The fourth-order valence-electron chi connectivity index (χ4n) is 1.54. The highest BCUT2D eigenvalue weighted by molar-refractivity contribution is 5.46. The van der Waals surface area contributed by atoms with Crippen molar-refractivity contribution in [1.82, 2.24) is 0 Å². The Morgan fingerprint density at radius 1 is 0.895 bits per heavy atom. The summed E-state index contributed by atoms with van der Waals surface area (Å²) in [4.78, 5) is 0. The van der Waals surface area contributed by atoms with Crippen molar-refractivity contribution < 1.29 is 0 Å². The summed E-state index contributed by atoms with van der Waals surface area (Å²) in [6.07, 6.45) is 9.24. The van der Waals surface area contributed by atoms with Crippen molar-refractivity contribution >= 4 is 0 Å². The first kappa shape index (κ1) is 22.8. The van der Waals surface area contributed by atoms with E-state index in [0.29, 0.717) is 0 Å². The van der Waals surface area contributed by atoms with Crippen molar-refractivity contribution in [2.45, 2.75) is 61.8 Å². The normalized spacial score (nSPS) is 12.2. The fourth-order valence-corrected chi connectivity index (χ4v) is 1.54. The molecule has 0 rings (SSSR count). The molecule has 0 heterocycles. The van der Waals surface area contributed by atoms with E-state index >= 15 is 0 Å². The van der Waals surface area contributed by atoms with Crippen LogP contribution < -0.4 is 0 Å². The van der Waals surface area contributed by atoms with Crippen LogP contribution in [0, 0.1) is 0 Å². The van der Waals surface area contributed by atoms with Crippen LogP contribution in [-0.2, 0) is 0 Å². The summed E-state index contributed by atoms with van der Waals surface area (Å²) in [7, 11) is 0. The van der Waals surface area contributed by atoms with Crippen LogP contribution in [0.2, 0.25) is 0 Å². The van der Waals surface area contributed by atoms with Crippen LogP contribution in [0.5, 0.6) is 0 Å². The minimum absolute atomic E-state index is 1.07. The molecular weight excluding hydrogens is 228 g/mol. The second kappa shape index (κ2) is 16.7. The molecule has 0 heteroatoms. The first-order valence-electron chi connectivity index (χ1n) is 7.38. The summed E-state index contributed by atoms with van der Waals surface area (Å²) in [6, 6.07) is 0. The Hall–Kier alpha value is -1.30. The van der Waals surface area contributed by atoms with Gasteiger partial charge in [-0.1, -0.05) is 77.7 Å². The molecule has 0 atom stereocenters. The maximum Gasteiger partial charge on any atom is -0.0204 e. The van der Waals surface area contributed by atoms with E-state index in [2.05, 4.69) is 53.0 Å². The molecule has 0 spiro atoms. The zero-order valence-corrected chi connectivity index (χ0v) is 14.4. The molecule has 0 amide bonds. The minimum atomic E-state index is 1.07. The number of hydrogen-bond donors (Lipinski definition) is 0. The standard InChI is InChI=1S/C15H22.2C2H6/c1-7-10-12(4)11-14(6)15(9-3)13(5)8-2;2*1-2/h8-11H,2-3,7H2,1,4-6H3;2*1-2H3/b12-10-,14-11+,15-13+;;. The molecule has 0 N–H and O–H groups in total. The smallest absolute Gasteiger partial charge is 0.0204 e. The molecule has 0 aliphatic carbocycles. The van der Waals surface area contributed by atoms with Gasteiger partial charge in [-0.15, -0.1) is 0 Å². The van der Waals surface area contributed by atoms with Gasteiger partial charge in [0, 0.05) is 0 Å². The molecule has 19 heavy (non-hydrogen) atoms. The van der Waals surface area contributed by atoms with E-state index in [9.17, 15) is 0 Å². The maximum absolute atomic E-state index is 3.84. The second-order valence-corrected chi connectivity index (χ2v) is 3.69. The van der Waals surface area contributed by atoms with Crippen LogP contribution in [0.15, 0.2) is 59.8 Å². The Labute approximate surface area is 122 Å².